The van der Waals surface area contributed by atoms with E-state index < -0.39 is 12.5 Å². The number of amides is 1. The van der Waals surface area contributed by atoms with Crippen LogP contribution in [0.4, 0.5) is 14.6 Å². The number of benzene rings is 1. The number of hydrogen-bond acceptors (Lipinski definition) is 5. The van der Waals surface area contributed by atoms with Gasteiger partial charge in [-0.2, -0.15) is 14.0 Å². The lowest BCUT2D eigenvalue weighted by Crippen LogP contribution is -2.19. The SMILES string of the molecule is Cc1c(C#N)c(NC(=O)CSc2nc3ccccc3n2C(F)F)n(Cc2ccco2)c1C. The summed E-state index contributed by atoms with van der Waals surface area (Å²) in [4.78, 5) is 17.0. The van der Waals surface area contributed by atoms with Crippen LogP contribution in [0.5, 0.6) is 0 Å². The fourth-order valence-corrected chi connectivity index (χ4v) is 4.31. The summed E-state index contributed by atoms with van der Waals surface area (Å²) in [5.74, 6) is 0.442. The van der Waals surface area contributed by atoms with Crippen molar-refractivity contribution in [3.05, 3.63) is 65.2 Å². The first-order chi connectivity index (χ1) is 15.4. The summed E-state index contributed by atoms with van der Waals surface area (Å²) >= 11 is 0.913. The number of nitrogens with zero attached hydrogens (tertiary/aromatic N) is 4. The van der Waals surface area contributed by atoms with Crippen LogP contribution in [0.1, 0.15) is 29.1 Å². The highest BCUT2D eigenvalue weighted by Gasteiger charge is 2.22. The monoisotopic (exact) mass is 455 g/mol. The zero-order chi connectivity index (χ0) is 22.8. The fraction of sp³-hybridized carbons (Fsp3) is 0.227. The van der Waals surface area contributed by atoms with Crippen molar-refractivity contribution >= 4 is 34.5 Å². The second-order valence-corrected chi connectivity index (χ2v) is 8.02. The number of fused-ring (bicyclic) bond motifs is 1. The first kappa shape index (κ1) is 21.6. The van der Waals surface area contributed by atoms with E-state index in [9.17, 15) is 18.8 Å². The number of imidazole rings is 1. The van der Waals surface area contributed by atoms with Gasteiger partial charge in [-0.15, -0.1) is 0 Å². The summed E-state index contributed by atoms with van der Waals surface area (Å²) < 4.78 is 35.2. The van der Waals surface area contributed by atoms with E-state index in [1.807, 2.05) is 13.8 Å². The Hall–Kier alpha value is -3.58. The van der Waals surface area contributed by atoms with Gasteiger partial charge in [-0.3, -0.25) is 9.36 Å². The maximum atomic E-state index is 13.6. The lowest BCUT2D eigenvalue weighted by atomic mass is 10.2. The Morgan fingerprint density at radius 1 is 1.28 bits per heavy atom. The van der Waals surface area contributed by atoms with Crippen molar-refractivity contribution in [1.82, 2.24) is 14.1 Å². The quantitative estimate of drug-likeness (QED) is 0.392. The molecular formula is C22H19F2N5O2S. The highest BCUT2D eigenvalue weighted by atomic mass is 32.2. The van der Waals surface area contributed by atoms with Gasteiger partial charge >= 0.3 is 6.55 Å². The van der Waals surface area contributed by atoms with E-state index in [-0.39, 0.29) is 10.9 Å². The largest absolute Gasteiger partial charge is 0.467 e. The number of nitrogens with one attached hydrogen (secondary N) is 1. The number of hydrogen-bond donors (Lipinski definition) is 1. The second-order valence-electron chi connectivity index (χ2n) is 7.08. The van der Waals surface area contributed by atoms with E-state index in [1.165, 1.54) is 0 Å². The van der Waals surface area contributed by atoms with Gasteiger partial charge in [0.2, 0.25) is 5.91 Å². The highest BCUT2D eigenvalue weighted by Crippen LogP contribution is 2.30. The Kier molecular flexibility index (Phi) is 6.01. The number of carbonyl (C=O) groups excluding carboxylic acids is 1. The van der Waals surface area contributed by atoms with E-state index in [4.69, 9.17) is 4.42 Å². The van der Waals surface area contributed by atoms with Crippen molar-refractivity contribution in [2.75, 3.05) is 11.1 Å². The van der Waals surface area contributed by atoms with Gasteiger partial charge in [-0.25, -0.2) is 4.98 Å². The second kappa shape index (κ2) is 8.88. The zero-order valence-corrected chi connectivity index (χ0v) is 18.1. The van der Waals surface area contributed by atoms with Crippen LogP contribution in [0.25, 0.3) is 11.0 Å². The molecule has 1 N–H and O–H groups in total. The number of rotatable bonds is 7. The topological polar surface area (TPSA) is 88.8 Å². The van der Waals surface area contributed by atoms with Gasteiger partial charge in [0.05, 0.1) is 35.2 Å². The molecule has 0 spiro atoms. The van der Waals surface area contributed by atoms with Crippen LogP contribution in [0.3, 0.4) is 0 Å². The third kappa shape index (κ3) is 3.99. The number of furan rings is 1. The molecule has 0 saturated carbocycles. The lowest BCUT2D eigenvalue weighted by Gasteiger charge is -2.12. The first-order valence-corrected chi connectivity index (χ1v) is 10.7. The Morgan fingerprint density at radius 2 is 2.06 bits per heavy atom. The van der Waals surface area contributed by atoms with Gasteiger partial charge in [-0.05, 0) is 43.7 Å². The third-order valence-corrected chi connectivity index (χ3v) is 6.14. The first-order valence-electron chi connectivity index (χ1n) is 9.70. The number of halogens is 2. The Bertz CT molecular complexity index is 1320. The van der Waals surface area contributed by atoms with Crippen molar-refractivity contribution in [3.8, 4) is 6.07 Å². The maximum absolute atomic E-state index is 13.6. The van der Waals surface area contributed by atoms with E-state index in [0.29, 0.717) is 34.7 Å². The minimum absolute atomic E-state index is 0.0511. The van der Waals surface area contributed by atoms with Gasteiger partial charge in [0.1, 0.15) is 17.6 Å². The summed E-state index contributed by atoms with van der Waals surface area (Å²) in [6.45, 7) is 1.22. The molecule has 7 nitrogen and oxygen atoms in total. The van der Waals surface area contributed by atoms with Gasteiger partial charge < -0.3 is 14.3 Å². The van der Waals surface area contributed by atoms with Crippen molar-refractivity contribution in [2.45, 2.75) is 32.1 Å². The molecule has 0 atom stereocenters. The molecule has 4 rings (SSSR count). The van der Waals surface area contributed by atoms with Crippen LogP contribution < -0.4 is 5.32 Å². The molecule has 32 heavy (non-hydrogen) atoms. The normalized spacial score (nSPS) is 11.2. The summed E-state index contributed by atoms with van der Waals surface area (Å²) in [6, 6.07) is 12.3. The van der Waals surface area contributed by atoms with E-state index in [2.05, 4.69) is 16.4 Å². The molecule has 10 heteroatoms. The number of alkyl halides is 2. The Morgan fingerprint density at radius 3 is 2.75 bits per heavy atom. The Labute approximate surface area is 186 Å². The van der Waals surface area contributed by atoms with Crippen LogP contribution in [0, 0.1) is 25.2 Å². The summed E-state index contributed by atoms with van der Waals surface area (Å²) in [5, 5.41) is 12.4. The summed E-state index contributed by atoms with van der Waals surface area (Å²) in [7, 11) is 0. The number of anilines is 1. The van der Waals surface area contributed by atoms with E-state index >= 15 is 0 Å². The molecule has 0 fully saturated rings. The minimum atomic E-state index is -2.78. The molecule has 3 heterocycles. The number of nitriles is 1. The standard InChI is InChI=1S/C22H19F2N5O2S/c1-13-14(2)28(11-15-6-5-9-31-15)20(16(13)10-25)27-19(30)12-32-22-26-17-7-3-4-8-18(17)29(22)21(23)24/h3-9,21H,11-12H2,1-2H3,(H,27,30). The number of carbonyl (C=O) groups is 1. The molecule has 0 unspecified atom stereocenters. The van der Waals surface area contributed by atoms with Crippen molar-refractivity contribution < 1.29 is 18.0 Å². The molecule has 1 aromatic carbocycles. The molecule has 1 amide bonds. The number of aromatic nitrogens is 3. The number of thioether (sulfide) groups is 1. The van der Waals surface area contributed by atoms with Gasteiger partial charge in [0, 0.05) is 5.69 Å². The highest BCUT2D eigenvalue weighted by molar-refractivity contribution is 7.99. The van der Waals surface area contributed by atoms with Crippen molar-refractivity contribution in [3.63, 3.8) is 0 Å². The zero-order valence-electron chi connectivity index (χ0n) is 17.3. The molecule has 0 aliphatic heterocycles. The average molecular weight is 455 g/mol. The maximum Gasteiger partial charge on any atom is 0.321 e. The smallest absolute Gasteiger partial charge is 0.321 e. The van der Waals surface area contributed by atoms with Gasteiger partial charge in [0.15, 0.2) is 5.16 Å². The van der Waals surface area contributed by atoms with Crippen LogP contribution in [0.2, 0.25) is 0 Å². The number of para-hydroxylation sites is 2. The predicted molar refractivity (Wildman–Crippen MR) is 117 cm³/mol. The molecule has 0 radical (unpaired) electrons. The molecule has 4 aromatic rings. The van der Waals surface area contributed by atoms with Gasteiger partial charge in [-0.1, -0.05) is 23.9 Å². The van der Waals surface area contributed by atoms with Crippen LogP contribution in [-0.4, -0.2) is 25.8 Å². The molecule has 0 aliphatic carbocycles. The minimum Gasteiger partial charge on any atom is -0.467 e. The van der Waals surface area contributed by atoms with Crippen LogP contribution in [-0.2, 0) is 11.3 Å². The third-order valence-electron chi connectivity index (χ3n) is 5.18. The van der Waals surface area contributed by atoms with E-state index in [1.54, 1.807) is 47.2 Å². The molecule has 0 saturated heterocycles. The predicted octanol–water partition coefficient (Wildman–Crippen LogP) is 5.09. The Balaban J connectivity index is 1.57. The van der Waals surface area contributed by atoms with Gasteiger partial charge in [0.25, 0.3) is 0 Å². The molecule has 0 aliphatic rings. The summed E-state index contributed by atoms with van der Waals surface area (Å²) in [6.07, 6.45) is 1.55. The van der Waals surface area contributed by atoms with E-state index in [0.717, 1.165) is 27.6 Å². The molecular weight excluding hydrogens is 436 g/mol. The van der Waals surface area contributed by atoms with Crippen LogP contribution >= 0.6 is 11.8 Å². The van der Waals surface area contributed by atoms with Crippen LogP contribution in [0.15, 0.2) is 52.2 Å². The average Bonchev–Trinajstić information content (AvgIpc) is 3.46. The summed E-state index contributed by atoms with van der Waals surface area (Å²) in [5.41, 5.74) is 2.66. The molecule has 0 bridgehead atoms. The lowest BCUT2D eigenvalue weighted by molar-refractivity contribution is -0.113. The van der Waals surface area contributed by atoms with Crippen molar-refractivity contribution in [2.24, 2.45) is 0 Å². The van der Waals surface area contributed by atoms with Crippen molar-refractivity contribution in [1.29, 1.82) is 5.26 Å². The molecule has 164 valence electrons. The fourth-order valence-electron chi connectivity index (χ4n) is 3.50. The molecule has 3 aromatic heterocycles.